The van der Waals surface area contributed by atoms with Crippen molar-refractivity contribution in [3.63, 3.8) is 0 Å². The molecular weight excluding hydrogens is 412 g/mol. The fourth-order valence-corrected chi connectivity index (χ4v) is 4.66. The van der Waals surface area contributed by atoms with E-state index in [9.17, 15) is 4.79 Å². The zero-order chi connectivity index (χ0) is 20.9. The van der Waals surface area contributed by atoms with Gasteiger partial charge in [0.15, 0.2) is 11.0 Å². The highest BCUT2D eigenvalue weighted by Gasteiger charge is 2.17. The van der Waals surface area contributed by atoms with Crippen LogP contribution in [0.5, 0.6) is 0 Å². The topological polar surface area (TPSA) is 59.8 Å². The van der Waals surface area contributed by atoms with Crippen LogP contribution in [0.4, 0.5) is 5.69 Å². The number of hydrogen-bond acceptors (Lipinski definition) is 5. The third-order valence-electron chi connectivity index (χ3n) is 4.72. The molecule has 7 heteroatoms. The van der Waals surface area contributed by atoms with E-state index in [0.29, 0.717) is 6.54 Å². The molecule has 0 saturated carbocycles. The summed E-state index contributed by atoms with van der Waals surface area (Å²) in [7, 11) is 0. The van der Waals surface area contributed by atoms with Gasteiger partial charge in [0.1, 0.15) is 0 Å². The fourth-order valence-electron chi connectivity index (χ4n) is 3.21. The molecular formula is C23H22N4OS2. The number of thiophene rings is 1. The Kier molecular flexibility index (Phi) is 6.30. The molecule has 2 aromatic heterocycles. The number of rotatable bonds is 7. The zero-order valence-corrected chi connectivity index (χ0v) is 18.5. The molecule has 5 nitrogen and oxygen atoms in total. The molecule has 0 atom stereocenters. The number of para-hydroxylation sites is 1. The molecule has 0 fully saturated rings. The van der Waals surface area contributed by atoms with Gasteiger partial charge >= 0.3 is 0 Å². The van der Waals surface area contributed by atoms with Crippen LogP contribution in [0.25, 0.3) is 10.7 Å². The van der Waals surface area contributed by atoms with Gasteiger partial charge in [-0.1, -0.05) is 66.4 Å². The SMILES string of the molecule is Cc1cccc(C)c1NC(=O)CSc1nnc(-c2cccs2)n1Cc1ccccc1. The summed E-state index contributed by atoms with van der Waals surface area (Å²) in [6.07, 6.45) is 0. The number of nitrogens with one attached hydrogen (secondary N) is 1. The van der Waals surface area contributed by atoms with Crippen molar-refractivity contribution in [3.8, 4) is 10.7 Å². The largest absolute Gasteiger partial charge is 0.325 e. The summed E-state index contributed by atoms with van der Waals surface area (Å²) in [5, 5.41) is 14.6. The fraction of sp³-hybridized carbons (Fsp3) is 0.174. The predicted octanol–water partition coefficient (Wildman–Crippen LogP) is 5.40. The Hall–Kier alpha value is -2.90. The van der Waals surface area contributed by atoms with Crippen LogP contribution in [0.2, 0.25) is 0 Å². The zero-order valence-electron chi connectivity index (χ0n) is 16.8. The van der Waals surface area contributed by atoms with E-state index in [1.807, 2.05) is 67.8 Å². The smallest absolute Gasteiger partial charge is 0.234 e. The van der Waals surface area contributed by atoms with Gasteiger partial charge in [0.25, 0.3) is 0 Å². The first-order valence-corrected chi connectivity index (χ1v) is 11.5. The summed E-state index contributed by atoms with van der Waals surface area (Å²) >= 11 is 3.04. The van der Waals surface area contributed by atoms with Crippen LogP contribution in [0.15, 0.2) is 71.2 Å². The van der Waals surface area contributed by atoms with Crippen molar-refractivity contribution < 1.29 is 4.79 Å². The van der Waals surface area contributed by atoms with E-state index in [-0.39, 0.29) is 11.7 Å². The molecule has 0 bridgehead atoms. The van der Waals surface area contributed by atoms with E-state index < -0.39 is 0 Å². The Labute approximate surface area is 184 Å². The van der Waals surface area contributed by atoms with Crippen molar-refractivity contribution in [1.82, 2.24) is 14.8 Å². The van der Waals surface area contributed by atoms with Crippen molar-refractivity contribution >= 4 is 34.7 Å². The van der Waals surface area contributed by atoms with Gasteiger partial charge in [0, 0.05) is 5.69 Å². The molecule has 0 aliphatic carbocycles. The molecule has 2 heterocycles. The first-order valence-electron chi connectivity index (χ1n) is 9.61. The maximum absolute atomic E-state index is 12.6. The normalized spacial score (nSPS) is 10.9. The van der Waals surface area contributed by atoms with Gasteiger partial charge in [-0.25, -0.2) is 0 Å². The van der Waals surface area contributed by atoms with Gasteiger partial charge < -0.3 is 5.32 Å². The molecule has 0 saturated heterocycles. The summed E-state index contributed by atoms with van der Waals surface area (Å²) in [6.45, 7) is 4.65. The minimum Gasteiger partial charge on any atom is -0.325 e. The van der Waals surface area contributed by atoms with Crippen molar-refractivity contribution in [2.24, 2.45) is 0 Å². The van der Waals surface area contributed by atoms with Crippen molar-refractivity contribution in [1.29, 1.82) is 0 Å². The molecule has 0 aliphatic heterocycles. The van der Waals surface area contributed by atoms with Crippen molar-refractivity contribution in [2.45, 2.75) is 25.5 Å². The van der Waals surface area contributed by atoms with Crippen molar-refractivity contribution in [2.75, 3.05) is 11.1 Å². The average Bonchev–Trinajstić information content (AvgIpc) is 3.40. The van der Waals surface area contributed by atoms with Gasteiger partial charge in [-0.15, -0.1) is 21.5 Å². The number of thioether (sulfide) groups is 1. The first-order chi connectivity index (χ1) is 14.6. The molecule has 0 radical (unpaired) electrons. The number of nitrogens with zero attached hydrogens (tertiary/aromatic N) is 3. The van der Waals surface area contributed by atoms with E-state index in [1.165, 1.54) is 11.8 Å². The molecule has 0 unspecified atom stereocenters. The molecule has 30 heavy (non-hydrogen) atoms. The number of aryl methyl sites for hydroxylation is 2. The molecule has 1 amide bonds. The van der Waals surface area contributed by atoms with Crippen LogP contribution < -0.4 is 5.32 Å². The molecule has 2 aromatic carbocycles. The number of amides is 1. The average molecular weight is 435 g/mol. The van der Waals surface area contributed by atoms with Crippen LogP contribution in [0, 0.1) is 13.8 Å². The number of benzene rings is 2. The van der Waals surface area contributed by atoms with E-state index in [2.05, 4.69) is 32.2 Å². The second-order valence-electron chi connectivity index (χ2n) is 6.96. The number of anilines is 1. The lowest BCUT2D eigenvalue weighted by molar-refractivity contribution is -0.113. The summed E-state index contributed by atoms with van der Waals surface area (Å²) in [4.78, 5) is 13.7. The lowest BCUT2D eigenvalue weighted by Gasteiger charge is -2.12. The van der Waals surface area contributed by atoms with Gasteiger partial charge in [-0.2, -0.15) is 0 Å². The van der Waals surface area contributed by atoms with Crippen LogP contribution in [0.1, 0.15) is 16.7 Å². The minimum absolute atomic E-state index is 0.0515. The van der Waals surface area contributed by atoms with Crippen LogP contribution >= 0.6 is 23.1 Å². The molecule has 0 spiro atoms. The highest BCUT2D eigenvalue weighted by molar-refractivity contribution is 7.99. The second kappa shape index (κ2) is 9.28. The first kappa shape index (κ1) is 20.4. The van der Waals surface area contributed by atoms with Crippen LogP contribution in [-0.2, 0) is 11.3 Å². The highest BCUT2D eigenvalue weighted by Crippen LogP contribution is 2.28. The molecule has 152 valence electrons. The minimum atomic E-state index is -0.0515. The summed E-state index contributed by atoms with van der Waals surface area (Å²) in [5.41, 5.74) is 4.16. The lowest BCUT2D eigenvalue weighted by atomic mass is 10.1. The number of hydrogen-bond donors (Lipinski definition) is 1. The second-order valence-corrected chi connectivity index (χ2v) is 8.85. The number of aromatic nitrogens is 3. The quantitative estimate of drug-likeness (QED) is 0.396. The summed E-state index contributed by atoms with van der Waals surface area (Å²) in [5.74, 6) is 1.04. The number of carbonyl (C=O) groups excluding carboxylic acids is 1. The molecule has 4 aromatic rings. The Morgan fingerprint density at radius 3 is 2.47 bits per heavy atom. The Morgan fingerprint density at radius 2 is 1.77 bits per heavy atom. The van der Waals surface area contributed by atoms with Gasteiger partial charge in [-0.3, -0.25) is 9.36 Å². The van der Waals surface area contributed by atoms with E-state index >= 15 is 0 Å². The van der Waals surface area contributed by atoms with Crippen LogP contribution in [-0.4, -0.2) is 26.4 Å². The van der Waals surface area contributed by atoms with E-state index in [0.717, 1.165) is 38.2 Å². The van der Waals surface area contributed by atoms with Crippen LogP contribution in [0.3, 0.4) is 0 Å². The maximum atomic E-state index is 12.6. The van der Waals surface area contributed by atoms with Gasteiger partial charge in [0.2, 0.25) is 5.91 Å². The number of carbonyl (C=O) groups is 1. The Bertz CT molecular complexity index is 1120. The predicted molar refractivity (Wildman–Crippen MR) is 124 cm³/mol. The summed E-state index contributed by atoms with van der Waals surface area (Å²) < 4.78 is 2.08. The monoisotopic (exact) mass is 434 g/mol. The Balaban J connectivity index is 1.53. The van der Waals surface area contributed by atoms with E-state index in [1.54, 1.807) is 11.3 Å². The summed E-state index contributed by atoms with van der Waals surface area (Å²) in [6, 6.07) is 20.3. The third-order valence-corrected chi connectivity index (χ3v) is 6.55. The third kappa shape index (κ3) is 4.63. The highest BCUT2D eigenvalue weighted by atomic mass is 32.2. The maximum Gasteiger partial charge on any atom is 0.234 e. The van der Waals surface area contributed by atoms with Gasteiger partial charge in [0.05, 0.1) is 17.2 Å². The molecule has 4 rings (SSSR count). The van der Waals surface area contributed by atoms with E-state index in [4.69, 9.17) is 0 Å². The lowest BCUT2D eigenvalue weighted by Crippen LogP contribution is -2.16. The standard InChI is InChI=1S/C23H22N4OS2/c1-16-8-6-9-17(2)21(16)24-20(28)15-30-23-26-25-22(19-12-7-13-29-19)27(23)14-18-10-4-3-5-11-18/h3-13H,14-15H2,1-2H3,(H,24,28). The van der Waals surface area contributed by atoms with Crippen molar-refractivity contribution in [3.05, 3.63) is 82.7 Å². The molecule has 0 aliphatic rings. The van der Waals surface area contributed by atoms with Gasteiger partial charge in [-0.05, 0) is 42.0 Å². The Morgan fingerprint density at radius 1 is 1.00 bits per heavy atom. The molecule has 1 N–H and O–H groups in total.